The summed E-state index contributed by atoms with van der Waals surface area (Å²) in [5.41, 5.74) is 1.17. The van der Waals surface area contributed by atoms with E-state index in [0.29, 0.717) is 22.2 Å². The van der Waals surface area contributed by atoms with Gasteiger partial charge in [-0.25, -0.2) is 8.42 Å². The Kier molecular flexibility index (Phi) is 11.5. The van der Waals surface area contributed by atoms with Crippen molar-refractivity contribution in [3.05, 3.63) is 64.1 Å². The monoisotopic (exact) mass is 555 g/mol. The Morgan fingerprint density at radius 1 is 1.03 bits per heavy atom. The largest absolute Gasteiger partial charge is 0.352 e. The average molecular weight is 557 g/mol. The molecule has 0 saturated heterocycles. The van der Waals surface area contributed by atoms with Crippen LogP contribution in [0.1, 0.15) is 52.0 Å². The van der Waals surface area contributed by atoms with E-state index in [1.165, 1.54) is 4.31 Å². The number of nitrogens with one attached hydrogen (secondary N) is 1. The molecule has 7 nitrogen and oxygen atoms in total. The number of amides is 2. The number of hydrogen-bond acceptors (Lipinski definition) is 4. The van der Waals surface area contributed by atoms with Gasteiger partial charge < -0.3 is 10.2 Å². The third kappa shape index (κ3) is 8.68. The summed E-state index contributed by atoms with van der Waals surface area (Å²) >= 11 is 12.4. The van der Waals surface area contributed by atoms with Gasteiger partial charge in [0.05, 0.1) is 11.9 Å². The van der Waals surface area contributed by atoms with Crippen LogP contribution in [0.3, 0.4) is 0 Å². The van der Waals surface area contributed by atoms with Gasteiger partial charge in [-0.05, 0) is 56.0 Å². The van der Waals surface area contributed by atoms with Crippen molar-refractivity contribution in [2.24, 2.45) is 0 Å². The molecule has 2 amide bonds. The van der Waals surface area contributed by atoms with Gasteiger partial charge in [0.25, 0.3) is 0 Å². The summed E-state index contributed by atoms with van der Waals surface area (Å²) in [6, 6.07) is 13.1. The lowest BCUT2D eigenvalue weighted by atomic mass is 10.1. The molecule has 2 atom stereocenters. The molecule has 36 heavy (non-hydrogen) atoms. The second-order valence-electron chi connectivity index (χ2n) is 8.77. The lowest BCUT2D eigenvalue weighted by molar-refractivity contribution is -0.141. The molecule has 2 aromatic rings. The van der Waals surface area contributed by atoms with Crippen molar-refractivity contribution in [2.75, 3.05) is 17.1 Å². The predicted octanol–water partition coefficient (Wildman–Crippen LogP) is 5.26. The maximum Gasteiger partial charge on any atom is 0.243 e. The fourth-order valence-electron chi connectivity index (χ4n) is 3.81. The third-order valence-corrected chi connectivity index (χ3v) is 7.73. The molecule has 1 N–H and O–H groups in total. The SMILES string of the molecule is CC[C@H](C)NC(=O)[C@H](CC)N(Cc1ccccc1Cl)C(=O)CCCN(c1cccc(Cl)c1)S(C)(=O)=O. The first kappa shape index (κ1) is 29.9. The summed E-state index contributed by atoms with van der Waals surface area (Å²) in [4.78, 5) is 28.1. The quantitative estimate of drug-likeness (QED) is 0.365. The molecular formula is C26H35Cl2N3O4S. The molecule has 0 unspecified atom stereocenters. The molecule has 0 bridgehead atoms. The van der Waals surface area contributed by atoms with Crippen molar-refractivity contribution in [2.45, 2.75) is 65.1 Å². The van der Waals surface area contributed by atoms with Crippen LogP contribution in [0.25, 0.3) is 0 Å². The van der Waals surface area contributed by atoms with Crippen molar-refractivity contribution in [1.29, 1.82) is 0 Å². The molecule has 0 radical (unpaired) electrons. The molecule has 0 saturated carbocycles. The minimum Gasteiger partial charge on any atom is -0.352 e. The molecule has 0 heterocycles. The summed E-state index contributed by atoms with van der Waals surface area (Å²) < 4.78 is 26.1. The number of nitrogens with zero attached hydrogens (tertiary/aromatic N) is 2. The van der Waals surface area contributed by atoms with E-state index in [1.807, 2.05) is 32.9 Å². The van der Waals surface area contributed by atoms with Crippen molar-refractivity contribution in [3.63, 3.8) is 0 Å². The molecule has 10 heteroatoms. The molecule has 2 rings (SSSR count). The average Bonchev–Trinajstić information content (AvgIpc) is 2.81. The van der Waals surface area contributed by atoms with Crippen molar-refractivity contribution >= 4 is 50.7 Å². The van der Waals surface area contributed by atoms with Crippen LogP contribution >= 0.6 is 23.2 Å². The zero-order valence-electron chi connectivity index (χ0n) is 21.2. The lowest BCUT2D eigenvalue weighted by Crippen LogP contribution is -2.50. The van der Waals surface area contributed by atoms with Crippen LogP contribution in [0.4, 0.5) is 5.69 Å². The minimum atomic E-state index is -3.59. The number of rotatable bonds is 13. The van der Waals surface area contributed by atoms with Gasteiger partial charge in [-0.1, -0.05) is 61.3 Å². The minimum absolute atomic E-state index is 0.0233. The van der Waals surface area contributed by atoms with Gasteiger partial charge in [-0.2, -0.15) is 0 Å². The van der Waals surface area contributed by atoms with Crippen LogP contribution in [-0.2, 0) is 26.2 Å². The Morgan fingerprint density at radius 2 is 1.72 bits per heavy atom. The van der Waals surface area contributed by atoms with E-state index in [-0.39, 0.29) is 43.8 Å². The molecule has 198 valence electrons. The zero-order chi connectivity index (χ0) is 26.9. The highest BCUT2D eigenvalue weighted by Crippen LogP contribution is 2.24. The first-order valence-corrected chi connectivity index (χ1v) is 14.6. The Morgan fingerprint density at radius 3 is 2.31 bits per heavy atom. The highest BCUT2D eigenvalue weighted by atomic mass is 35.5. The second kappa shape index (κ2) is 13.9. The zero-order valence-corrected chi connectivity index (χ0v) is 23.5. The lowest BCUT2D eigenvalue weighted by Gasteiger charge is -2.32. The van der Waals surface area contributed by atoms with E-state index in [2.05, 4.69) is 5.32 Å². The van der Waals surface area contributed by atoms with E-state index >= 15 is 0 Å². The summed E-state index contributed by atoms with van der Waals surface area (Å²) in [5.74, 6) is -0.468. The molecule has 0 aliphatic heterocycles. The molecule has 0 spiro atoms. The number of carbonyl (C=O) groups is 2. The van der Waals surface area contributed by atoms with E-state index in [1.54, 1.807) is 41.3 Å². The van der Waals surface area contributed by atoms with Gasteiger partial charge in [0.1, 0.15) is 6.04 Å². The van der Waals surface area contributed by atoms with Gasteiger partial charge in [-0.15, -0.1) is 0 Å². The van der Waals surface area contributed by atoms with E-state index < -0.39 is 16.1 Å². The number of hydrogen-bond donors (Lipinski definition) is 1. The van der Waals surface area contributed by atoms with Crippen LogP contribution in [0.15, 0.2) is 48.5 Å². The third-order valence-electron chi connectivity index (χ3n) is 5.93. The highest BCUT2D eigenvalue weighted by Gasteiger charge is 2.29. The van der Waals surface area contributed by atoms with Crippen LogP contribution in [0, 0.1) is 0 Å². The predicted molar refractivity (Wildman–Crippen MR) is 147 cm³/mol. The molecule has 0 aliphatic carbocycles. The number of benzene rings is 2. The van der Waals surface area contributed by atoms with Crippen LogP contribution in [0.2, 0.25) is 10.0 Å². The Balaban J connectivity index is 2.24. The van der Waals surface area contributed by atoms with Crippen molar-refractivity contribution in [1.82, 2.24) is 10.2 Å². The molecule has 2 aromatic carbocycles. The smallest absolute Gasteiger partial charge is 0.243 e. The van der Waals surface area contributed by atoms with Crippen LogP contribution < -0.4 is 9.62 Å². The fourth-order valence-corrected chi connectivity index (χ4v) is 5.14. The van der Waals surface area contributed by atoms with Gasteiger partial charge >= 0.3 is 0 Å². The normalized spacial score (nSPS) is 13.1. The molecule has 0 aliphatic rings. The van der Waals surface area contributed by atoms with Crippen LogP contribution in [-0.4, -0.2) is 50.0 Å². The second-order valence-corrected chi connectivity index (χ2v) is 11.5. The van der Waals surface area contributed by atoms with E-state index in [4.69, 9.17) is 23.2 Å². The highest BCUT2D eigenvalue weighted by molar-refractivity contribution is 7.92. The van der Waals surface area contributed by atoms with Gasteiger partial charge in [0.15, 0.2) is 0 Å². The van der Waals surface area contributed by atoms with Crippen LogP contribution in [0.5, 0.6) is 0 Å². The topological polar surface area (TPSA) is 86.8 Å². The molecular weight excluding hydrogens is 521 g/mol. The number of anilines is 1. The summed E-state index contributed by atoms with van der Waals surface area (Å²) in [7, 11) is -3.59. The Bertz CT molecular complexity index is 1140. The number of carbonyl (C=O) groups excluding carboxylic acids is 2. The first-order chi connectivity index (χ1) is 17.0. The van der Waals surface area contributed by atoms with Gasteiger partial charge in [0.2, 0.25) is 21.8 Å². The fraction of sp³-hybridized carbons (Fsp3) is 0.462. The number of sulfonamides is 1. The summed E-state index contributed by atoms with van der Waals surface area (Å²) in [6.45, 7) is 6.03. The van der Waals surface area contributed by atoms with E-state index in [9.17, 15) is 18.0 Å². The van der Waals surface area contributed by atoms with Crippen molar-refractivity contribution in [3.8, 4) is 0 Å². The maximum absolute atomic E-state index is 13.5. The Hall–Kier alpha value is -2.29. The van der Waals surface area contributed by atoms with Gasteiger partial charge in [-0.3, -0.25) is 13.9 Å². The number of halogens is 2. The molecule has 0 fully saturated rings. The standard InChI is InChI=1S/C26H35Cl2N3O4S/c1-5-19(3)29-26(33)24(6-2)30(18-20-11-7-8-14-23(20)28)25(32)15-10-16-31(36(4,34)35)22-13-9-12-21(27)17-22/h7-9,11-14,17,19,24H,5-6,10,15-16,18H2,1-4H3,(H,29,33)/t19-,24-/m0/s1. The summed E-state index contributed by atoms with van der Waals surface area (Å²) in [5, 5.41) is 3.90. The Labute approximate surface area is 224 Å². The first-order valence-electron chi connectivity index (χ1n) is 12.0. The van der Waals surface area contributed by atoms with Crippen molar-refractivity contribution < 1.29 is 18.0 Å². The van der Waals surface area contributed by atoms with E-state index in [0.717, 1.165) is 18.2 Å². The maximum atomic E-state index is 13.5. The summed E-state index contributed by atoms with van der Waals surface area (Å²) in [6.07, 6.45) is 2.64. The van der Waals surface area contributed by atoms with Gasteiger partial charge in [0, 0.05) is 35.6 Å². The molecule has 0 aromatic heterocycles.